The van der Waals surface area contributed by atoms with E-state index in [9.17, 15) is 0 Å². The van der Waals surface area contributed by atoms with Crippen molar-refractivity contribution in [2.24, 2.45) is 0 Å². The Morgan fingerprint density at radius 3 is 2.73 bits per heavy atom. The first-order valence-electron chi connectivity index (χ1n) is 3.70. The maximum Gasteiger partial charge on any atom is 0.153 e. The summed E-state index contributed by atoms with van der Waals surface area (Å²) in [5, 5.41) is 17.3. The van der Waals surface area contributed by atoms with Gasteiger partial charge in [-0.3, -0.25) is 4.90 Å². The van der Waals surface area contributed by atoms with Crippen LogP contribution in [0.1, 0.15) is 0 Å². The molecule has 0 spiro atoms. The molecule has 1 N–H and O–H groups in total. The lowest BCUT2D eigenvalue weighted by atomic mass is 10.3. The average molecular weight is 156 g/mol. The zero-order valence-corrected chi connectivity index (χ0v) is 6.36. The highest BCUT2D eigenvalue weighted by atomic mass is 16.5. The van der Waals surface area contributed by atoms with Crippen molar-refractivity contribution in [3.05, 3.63) is 0 Å². The van der Waals surface area contributed by atoms with E-state index in [0.717, 1.165) is 13.1 Å². The van der Waals surface area contributed by atoms with Gasteiger partial charge in [-0.15, -0.1) is 0 Å². The number of nitriles is 1. The highest BCUT2D eigenvalue weighted by molar-refractivity contribution is 4.85. The largest absolute Gasteiger partial charge is 0.379 e. The summed E-state index contributed by atoms with van der Waals surface area (Å²) >= 11 is 0. The van der Waals surface area contributed by atoms with Crippen LogP contribution in [0.25, 0.3) is 0 Å². The average Bonchev–Trinajstić information content (AvgIpc) is 2.06. The molecule has 0 bridgehead atoms. The SMILES string of the molecule is N#CC(O)CN1CCOCC1. The summed E-state index contributed by atoms with van der Waals surface area (Å²) in [4.78, 5) is 2.03. The molecule has 1 atom stereocenters. The fourth-order valence-electron chi connectivity index (χ4n) is 1.07. The number of aliphatic hydroxyl groups is 1. The first-order valence-corrected chi connectivity index (χ1v) is 3.70. The zero-order chi connectivity index (χ0) is 8.10. The molecule has 1 saturated heterocycles. The van der Waals surface area contributed by atoms with Crippen LogP contribution in [-0.4, -0.2) is 49.0 Å². The van der Waals surface area contributed by atoms with Crippen molar-refractivity contribution < 1.29 is 9.84 Å². The zero-order valence-electron chi connectivity index (χ0n) is 6.36. The molecule has 1 aliphatic rings. The van der Waals surface area contributed by atoms with Crippen LogP contribution in [0.3, 0.4) is 0 Å². The topological polar surface area (TPSA) is 56.5 Å². The van der Waals surface area contributed by atoms with Gasteiger partial charge in [0.05, 0.1) is 19.3 Å². The maximum absolute atomic E-state index is 8.97. The molecule has 1 aliphatic heterocycles. The van der Waals surface area contributed by atoms with Gasteiger partial charge in [-0.2, -0.15) is 5.26 Å². The lowest BCUT2D eigenvalue weighted by Crippen LogP contribution is -2.40. The Bertz CT molecular complexity index is 149. The second kappa shape index (κ2) is 4.29. The van der Waals surface area contributed by atoms with Crippen LogP contribution in [0.5, 0.6) is 0 Å². The molecular formula is C7H12N2O2. The summed E-state index contributed by atoms with van der Waals surface area (Å²) in [7, 11) is 0. The van der Waals surface area contributed by atoms with Crippen molar-refractivity contribution in [1.82, 2.24) is 4.90 Å². The van der Waals surface area contributed by atoms with Crippen LogP contribution in [0.4, 0.5) is 0 Å². The summed E-state index contributed by atoms with van der Waals surface area (Å²) in [6.45, 7) is 3.49. The number of hydrogen-bond donors (Lipinski definition) is 1. The molecule has 1 unspecified atom stereocenters. The van der Waals surface area contributed by atoms with E-state index in [4.69, 9.17) is 15.1 Å². The molecule has 0 amide bonds. The van der Waals surface area contributed by atoms with E-state index in [2.05, 4.69) is 0 Å². The fourth-order valence-corrected chi connectivity index (χ4v) is 1.07. The van der Waals surface area contributed by atoms with Crippen LogP contribution in [0, 0.1) is 11.3 Å². The van der Waals surface area contributed by atoms with Crippen molar-refractivity contribution in [2.75, 3.05) is 32.8 Å². The third-order valence-electron chi connectivity index (χ3n) is 1.68. The lowest BCUT2D eigenvalue weighted by Gasteiger charge is -2.26. The smallest absolute Gasteiger partial charge is 0.153 e. The van der Waals surface area contributed by atoms with E-state index >= 15 is 0 Å². The van der Waals surface area contributed by atoms with Gasteiger partial charge in [0.2, 0.25) is 0 Å². The summed E-state index contributed by atoms with van der Waals surface area (Å²) in [5.41, 5.74) is 0. The third-order valence-corrected chi connectivity index (χ3v) is 1.68. The fraction of sp³-hybridized carbons (Fsp3) is 0.857. The van der Waals surface area contributed by atoms with Crippen molar-refractivity contribution in [1.29, 1.82) is 5.26 Å². The van der Waals surface area contributed by atoms with E-state index in [0.29, 0.717) is 19.8 Å². The molecule has 62 valence electrons. The molecule has 1 rings (SSSR count). The van der Waals surface area contributed by atoms with E-state index < -0.39 is 6.10 Å². The minimum absolute atomic E-state index is 0.444. The highest BCUT2D eigenvalue weighted by Crippen LogP contribution is 1.97. The number of nitrogens with zero attached hydrogens (tertiary/aromatic N) is 2. The van der Waals surface area contributed by atoms with E-state index in [1.807, 2.05) is 4.90 Å². The Hall–Kier alpha value is -0.630. The molecule has 1 fully saturated rings. The maximum atomic E-state index is 8.97. The predicted molar refractivity (Wildman–Crippen MR) is 38.9 cm³/mol. The molecule has 0 aliphatic carbocycles. The Labute approximate surface area is 66.0 Å². The van der Waals surface area contributed by atoms with Gasteiger partial charge in [0.1, 0.15) is 0 Å². The van der Waals surface area contributed by atoms with Crippen LogP contribution in [0.2, 0.25) is 0 Å². The Balaban J connectivity index is 2.20. The number of rotatable bonds is 2. The van der Waals surface area contributed by atoms with E-state index in [1.165, 1.54) is 0 Å². The molecule has 0 saturated carbocycles. The second-order valence-corrected chi connectivity index (χ2v) is 2.56. The summed E-state index contributed by atoms with van der Waals surface area (Å²) in [5.74, 6) is 0. The number of hydrogen-bond acceptors (Lipinski definition) is 4. The van der Waals surface area contributed by atoms with Crippen molar-refractivity contribution in [2.45, 2.75) is 6.10 Å². The van der Waals surface area contributed by atoms with Gasteiger partial charge in [-0.05, 0) is 0 Å². The van der Waals surface area contributed by atoms with E-state index in [1.54, 1.807) is 6.07 Å². The van der Waals surface area contributed by atoms with Gasteiger partial charge in [-0.1, -0.05) is 0 Å². The minimum Gasteiger partial charge on any atom is -0.379 e. The monoisotopic (exact) mass is 156 g/mol. The van der Waals surface area contributed by atoms with Crippen molar-refractivity contribution >= 4 is 0 Å². The summed E-state index contributed by atoms with van der Waals surface area (Å²) in [6, 6.07) is 1.79. The van der Waals surface area contributed by atoms with Gasteiger partial charge in [0, 0.05) is 19.6 Å². The molecular weight excluding hydrogens is 144 g/mol. The van der Waals surface area contributed by atoms with Crippen LogP contribution in [-0.2, 0) is 4.74 Å². The first kappa shape index (κ1) is 8.47. The van der Waals surface area contributed by atoms with Gasteiger partial charge in [0.25, 0.3) is 0 Å². The van der Waals surface area contributed by atoms with Gasteiger partial charge in [-0.25, -0.2) is 0 Å². The lowest BCUT2D eigenvalue weighted by molar-refractivity contribution is 0.0232. The molecule has 0 aromatic carbocycles. The number of β-amino-alcohol motifs (C(OH)–C–C–N with tert-alkyl or cyclic N) is 1. The molecule has 0 aromatic heterocycles. The molecule has 0 aromatic rings. The van der Waals surface area contributed by atoms with Gasteiger partial charge in [0.15, 0.2) is 6.10 Å². The quantitative estimate of drug-likeness (QED) is 0.532. The standard InChI is InChI=1S/C7H12N2O2/c8-5-7(10)6-9-1-3-11-4-2-9/h7,10H,1-4,6H2. The minimum atomic E-state index is -0.854. The molecule has 11 heavy (non-hydrogen) atoms. The van der Waals surface area contributed by atoms with Gasteiger partial charge < -0.3 is 9.84 Å². The Morgan fingerprint density at radius 1 is 1.55 bits per heavy atom. The second-order valence-electron chi connectivity index (χ2n) is 2.56. The summed E-state index contributed by atoms with van der Waals surface area (Å²) < 4.78 is 5.11. The van der Waals surface area contributed by atoms with Crippen LogP contribution in [0.15, 0.2) is 0 Å². The van der Waals surface area contributed by atoms with Crippen LogP contribution >= 0.6 is 0 Å². The molecule has 4 heteroatoms. The van der Waals surface area contributed by atoms with Crippen molar-refractivity contribution in [3.8, 4) is 6.07 Å². The van der Waals surface area contributed by atoms with Crippen LogP contribution < -0.4 is 0 Å². The molecule has 1 heterocycles. The Kier molecular flexibility index (Phi) is 3.30. The summed E-state index contributed by atoms with van der Waals surface area (Å²) in [6.07, 6.45) is -0.854. The molecule has 4 nitrogen and oxygen atoms in total. The number of aliphatic hydroxyl groups excluding tert-OH is 1. The predicted octanol–water partition coefficient (Wildman–Crippen LogP) is -0.797. The number of ether oxygens (including phenoxy) is 1. The van der Waals surface area contributed by atoms with E-state index in [-0.39, 0.29) is 0 Å². The molecule has 0 radical (unpaired) electrons. The number of morpholine rings is 1. The third kappa shape index (κ3) is 2.85. The first-order chi connectivity index (χ1) is 5.33. The van der Waals surface area contributed by atoms with Gasteiger partial charge >= 0.3 is 0 Å². The van der Waals surface area contributed by atoms with Crippen molar-refractivity contribution in [3.63, 3.8) is 0 Å². The normalized spacial score (nSPS) is 22.5. The Morgan fingerprint density at radius 2 is 2.18 bits per heavy atom. The highest BCUT2D eigenvalue weighted by Gasteiger charge is 2.13.